The topological polar surface area (TPSA) is 76.1 Å². The van der Waals surface area contributed by atoms with Crippen molar-refractivity contribution in [1.29, 1.82) is 0 Å². The van der Waals surface area contributed by atoms with Gasteiger partial charge in [-0.05, 0) is 27.2 Å². The smallest absolute Gasteiger partial charge is 0.409 e. The van der Waals surface area contributed by atoms with Crippen LogP contribution in [0.1, 0.15) is 33.6 Å². The maximum atomic E-state index is 11.2. The van der Waals surface area contributed by atoms with E-state index in [1.165, 1.54) is 12.0 Å². The fourth-order valence-electron chi connectivity index (χ4n) is 2.30. The van der Waals surface area contributed by atoms with Gasteiger partial charge in [0.05, 0.1) is 19.3 Å². The molecular formula is C11H19NO5. The van der Waals surface area contributed by atoms with Gasteiger partial charge < -0.3 is 14.6 Å². The highest BCUT2D eigenvalue weighted by molar-refractivity contribution is 5.70. The molecule has 0 saturated carbocycles. The van der Waals surface area contributed by atoms with Gasteiger partial charge in [0, 0.05) is 6.42 Å². The standard InChI is InChI=1S/C11H19NO5/c1-7-8(5-6-9(13)16-4)12(10(14)15)11(2,3)17-7/h7-8H,5-6H2,1-4H3,(H,14,15). The van der Waals surface area contributed by atoms with Crippen LogP contribution in [0.2, 0.25) is 0 Å². The number of amides is 1. The summed E-state index contributed by atoms with van der Waals surface area (Å²) in [6.07, 6.45) is -0.668. The molecule has 1 saturated heterocycles. The molecule has 1 aliphatic rings. The fourth-order valence-corrected chi connectivity index (χ4v) is 2.30. The maximum Gasteiger partial charge on any atom is 0.409 e. The number of rotatable bonds is 3. The highest BCUT2D eigenvalue weighted by Crippen LogP contribution is 2.34. The normalized spacial score (nSPS) is 26.9. The van der Waals surface area contributed by atoms with Gasteiger partial charge in [-0.15, -0.1) is 0 Å². The van der Waals surface area contributed by atoms with Gasteiger partial charge in [-0.2, -0.15) is 0 Å². The molecule has 6 heteroatoms. The second-order valence-electron chi connectivity index (χ2n) is 4.60. The number of ether oxygens (including phenoxy) is 2. The summed E-state index contributed by atoms with van der Waals surface area (Å²) < 4.78 is 10.1. The number of carboxylic acid groups (broad SMARTS) is 1. The summed E-state index contributed by atoms with van der Waals surface area (Å²) in [5.74, 6) is -0.341. The van der Waals surface area contributed by atoms with Crippen LogP contribution in [0.5, 0.6) is 0 Å². The molecule has 1 amide bonds. The first-order chi connectivity index (χ1) is 7.79. The van der Waals surface area contributed by atoms with Gasteiger partial charge in [-0.25, -0.2) is 4.79 Å². The predicted octanol–water partition coefficient (Wildman–Crippen LogP) is 1.44. The molecule has 2 unspecified atom stereocenters. The number of carbonyl (C=O) groups excluding carboxylic acids is 1. The quantitative estimate of drug-likeness (QED) is 0.761. The molecular weight excluding hydrogens is 226 g/mol. The number of hydrogen-bond donors (Lipinski definition) is 1. The summed E-state index contributed by atoms with van der Waals surface area (Å²) in [4.78, 5) is 23.6. The van der Waals surface area contributed by atoms with E-state index in [9.17, 15) is 14.7 Å². The van der Waals surface area contributed by atoms with E-state index in [-0.39, 0.29) is 24.5 Å². The first-order valence-corrected chi connectivity index (χ1v) is 5.56. The third kappa shape index (κ3) is 2.88. The van der Waals surface area contributed by atoms with Crippen LogP contribution >= 0.6 is 0 Å². The molecule has 6 nitrogen and oxygen atoms in total. The molecule has 98 valence electrons. The zero-order valence-corrected chi connectivity index (χ0v) is 10.6. The lowest BCUT2D eigenvalue weighted by Crippen LogP contribution is -2.47. The molecule has 1 rings (SSSR count). The first kappa shape index (κ1) is 13.8. The number of carbonyl (C=O) groups is 2. The van der Waals surface area contributed by atoms with Crippen molar-refractivity contribution >= 4 is 12.1 Å². The van der Waals surface area contributed by atoms with Gasteiger partial charge in [0.25, 0.3) is 0 Å². The van der Waals surface area contributed by atoms with Crippen LogP contribution in [-0.2, 0) is 14.3 Å². The summed E-state index contributed by atoms with van der Waals surface area (Å²) in [6, 6.07) is -0.318. The van der Waals surface area contributed by atoms with E-state index in [4.69, 9.17) is 4.74 Å². The molecule has 0 aromatic carbocycles. The molecule has 17 heavy (non-hydrogen) atoms. The predicted molar refractivity (Wildman–Crippen MR) is 59.5 cm³/mol. The molecule has 1 fully saturated rings. The summed E-state index contributed by atoms with van der Waals surface area (Å²) in [7, 11) is 1.32. The van der Waals surface area contributed by atoms with Crippen molar-refractivity contribution in [3.63, 3.8) is 0 Å². The van der Waals surface area contributed by atoms with Crippen LogP contribution in [0.4, 0.5) is 4.79 Å². The minimum absolute atomic E-state index is 0.189. The minimum Gasteiger partial charge on any atom is -0.469 e. The van der Waals surface area contributed by atoms with Gasteiger partial charge in [-0.1, -0.05) is 0 Å². The van der Waals surface area contributed by atoms with Gasteiger partial charge in [0.15, 0.2) is 0 Å². The largest absolute Gasteiger partial charge is 0.469 e. The lowest BCUT2D eigenvalue weighted by molar-refractivity contribution is -0.141. The van der Waals surface area contributed by atoms with E-state index in [1.807, 2.05) is 6.92 Å². The Morgan fingerprint density at radius 1 is 1.47 bits per heavy atom. The second kappa shape index (κ2) is 4.91. The van der Waals surface area contributed by atoms with Crippen molar-refractivity contribution in [3.05, 3.63) is 0 Å². The van der Waals surface area contributed by atoms with Gasteiger partial charge in [-0.3, -0.25) is 9.69 Å². The Kier molecular flexibility index (Phi) is 3.98. The monoisotopic (exact) mass is 245 g/mol. The van der Waals surface area contributed by atoms with Crippen LogP contribution in [0.25, 0.3) is 0 Å². The Hall–Kier alpha value is -1.30. The first-order valence-electron chi connectivity index (χ1n) is 5.56. The summed E-state index contributed by atoms with van der Waals surface area (Å²) in [5, 5.41) is 9.19. The zero-order chi connectivity index (χ0) is 13.2. The highest BCUT2D eigenvalue weighted by atomic mass is 16.6. The van der Waals surface area contributed by atoms with E-state index < -0.39 is 11.8 Å². The third-order valence-electron chi connectivity index (χ3n) is 3.01. The van der Waals surface area contributed by atoms with Crippen molar-refractivity contribution < 1.29 is 24.2 Å². The van der Waals surface area contributed by atoms with Crippen LogP contribution < -0.4 is 0 Å². The number of methoxy groups -OCH3 is 1. The van der Waals surface area contributed by atoms with E-state index in [1.54, 1.807) is 13.8 Å². The summed E-state index contributed by atoms with van der Waals surface area (Å²) >= 11 is 0. The van der Waals surface area contributed by atoms with Gasteiger partial charge in [0.1, 0.15) is 5.72 Å². The van der Waals surface area contributed by atoms with Crippen LogP contribution in [0, 0.1) is 0 Å². The molecule has 0 aromatic heterocycles. The molecule has 2 atom stereocenters. The molecule has 0 radical (unpaired) electrons. The van der Waals surface area contributed by atoms with Crippen molar-refractivity contribution in [3.8, 4) is 0 Å². The highest BCUT2D eigenvalue weighted by Gasteiger charge is 2.47. The fraction of sp³-hybridized carbons (Fsp3) is 0.818. The van der Waals surface area contributed by atoms with E-state index >= 15 is 0 Å². The Bertz CT molecular complexity index is 315. The van der Waals surface area contributed by atoms with Gasteiger partial charge >= 0.3 is 12.1 Å². The van der Waals surface area contributed by atoms with Crippen molar-refractivity contribution in [2.45, 2.75) is 51.5 Å². The van der Waals surface area contributed by atoms with Crippen molar-refractivity contribution in [2.24, 2.45) is 0 Å². The molecule has 1 N–H and O–H groups in total. The Balaban J connectivity index is 2.74. The number of nitrogens with zero attached hydrogens (tertiary/aromatic N) is 1. The maximum absolute atomic E-state index is 11.2. The number of hydrogen-bond acceptors (Lipinski definition) is 4. The molecule has 0 aromatic rings. The minimum atomic E-state index is -1.03. The Morgan fingerprint density at radius 3 is 2.53 bits per heavy atom. The second-order valence-corrected chi connectivity index (χ2v) is 4.60. The van der Waals surface area contributed by atoms with E-state index in [2.05, 4.69) is 4.74 Å². The molecule has 0 spiro atoms. The van der Waals surface area contributed by atoms with Crippen LogP contribution in [0.15, 0.2) is 0 Å². The Labute approximate surface area is 100 Å². The molecule has 1 heterocycles. The van der Waals surface area contributed by atoms with Crippen LogP contribution in [-0.4, -0.2) is 47.0 Å². The average molecular weight is 245 g/mol. The zero-order valence-electron chi connectivity index (χ0n) is 10.6. The van der Waals surface area contributed by atoms with E-state index in [0.29, 0.717) is 6.42 Å². The van der Waals surface area contributed by atoms with E-state index in [0.717, 1.165) is 0 Å². The lowest BCUT2D eigenvalue weighted by Gasteiger charge is -2.30. The number of esters is 1. The van der Waals surface area contributed by atoms with Crippen molar-refractivity contribution in [2.75, 3.05) is 7.11 Å². The molecule has 0 bridgehead atoms. The van der Waals surface area contributed by atoms with Gasteiger partial charge in [0.2, 0.25) is 0 Å². The summed E-state index contributed by atoms with van der Waals surface area (Å²) in [6.45, 7) is 5.22. The van der Waals surface area contributed by atoms with Crippen LogP contribution in [0.3, 0.4) is 0 Å². The molecule has 0 aliphatic carbocycles. The lowest BCUT2D eigenvalue weighted by atomic mass is 10.1. The third-order valence-corrected chi connectivity index (χ3v) is 3.01. The Morgan fingerprint density at radius 2 is 2.06 bits per heavy atom. The van der Waals surface area contributed by atoms with Crippen molar-refractivity contribution in [1.82, 2.24) is 4.90 Å². The summed E-state index contributed by atoms with van der Waals surface area (Å²) in [5.41, 5.74) is -0.855. The molecule has 1 aliphatic heterocycles. The SMILES string of the molecule is COC(=O)CCC1C(C)OC(C)(C)N1C(=O)O. The average Bonchev–Trinajstić information content (AvgIpc) is 2.44.